The van der Waals surface area contributed by atoms with Gasteiger partial charge >= 0.3 is 0 Å². The molecule has 2 atom stereocenters. The molecule has 2 unspecified atom stereocenters. The quantitative estimate of drug-likeness (QED) is 0.801. The molecule has 90 valence electrons. The summed E-state index contributed by atoms with van der Waals surface area (Å²) in [5.41, 5.74) is 0.553. The summed E-state index contributed by atoms with van der Waals surface area (Å²) in [6.45, 7) is 3.95. The second-order valence-corrected chi connectivity index (χ2v) is 4.93. The van der Waals surface area contributed by atoms with Crippen molar-refractivity contribution in [2.75, 3.05) is 0 Å². The fourth-order valence-corrected chi connectivity index (χ4v) is 2.17. The van der Waals surface area contributed by atoms with E-state index >= 15 is 0 Å². The number of hydrogen-bond acceptors (Lipinski definition) is 2. The van der Waals surface area contributed by atoms with E-state index in [0.29, 0.717) is 12.8 Å². The van der Waals surface area contributed by atoms with Crippen molar-refractivity contribution in [3.63, 3.8) is 0 Å². The first-order chi connectivity index (χ1) is 8.06. The number of nitriles is 1. The maximum Gasteiger partial charge on any atom is 0.123 e. The van der Waals surface area contributed by atoms with Crippen molar-refractivity contribution >= 4 is 0 Å². The molecular weight excluding hydrogens is 217 g/mol. The Balaban J connectivity index is 2.09. The molecule has 3 heteroatoms. The number of rotatable bonds is 3. The van der Waals surface area contributed by atoms with Crippen LogP contribution >= 0.6 is 0 Å². The fraction of sp³-hybridized carbons (Fsp3) is 0.500. The molecule has 17 heavy (non-hydrogen) atoms. The van der Waals surface area contributed by atoms with Crippen LogP contribution in [0.1, 0.15) is 32.3 Å². The average molecular weight is 233 g/mol. The molecule has 1 aromatic carbocycles. The zero-order valence-corrected chi connectivity index (χ0v) is 10.2. The molecule has 0 saturated carbocycles. The number of hydrogen-bond donors (Lipinski definition) is 0. The van der Waals surface area contributed by atoms with E-state index in [4.69, 9.17) is 10.00 Å². The van der Waals surface area contributed by atoms with Crippen molar-refractivity contribution in [2.24, 2.45) is 5.41 Å². The van der Waals surface area contributed by atoms with Crippen LogP contribution in [0.2, 0.25) is 0 Å². The Labute approximate surface area is 101 Å². The molecular formula is C14H16FNO. The van der Waals surface area contributed by atoms with Gasteiger partial charge in [0.1, 0.15) is 17.7 Å². The Kier molecular flexibility index (Phi) is 3.06. The first-order valence-corrected chi connectivity index (χ1v) is 5.92. The molecule has 0 aliphatic carbocycles. The van der Waals surface area contributed by atoms with Gasteiger partial charge in [-0.25, -0.2) is 4.39 Å². The standard InChI is InChI=1S/C14H16FNO/c1-3-14(2,9-16)8-12-7-10-6-11(15)4-5-13(10)17-12/h4-6,12H,3,7-8H2,1-2H3. The Morgan fingerprint density at radius 2 is 2.35 bits per heavy atom. The molecule has 0 bridgehead atoms. The van der Waals surface area contributed by atoms with Gasteiger partial charge in [0.05, 0.1) is 11.5 Å². The predicted molar refractivity (Wildman–Crippen MR) is 63.1 cm³/mol. The van der Waals surface area contributed by atoms with Gasteiger partial charge in [0.15, 0.2) is 0 Å². The van der Waals surface area contributed by atoms with Crippen LogP contribution < -0.4 is 4.74 Å². The van der Waals surface area contributed by atoms with Crippen LogP contribution in [0.25, 0.3) is 0 Å². The molecule has 0 saturated heterocycles. The van der Waals surface area contributed by atoms with Crippen LogP contribution in [0.5, 0.6) is 5.75 Å². The molecule has 1 aliphatic rings. The molecule has 0 radical (unpaired) electrons. The van der Waals surface area contributed by atoms with E-state index < -0.39 is 0 Å². The zero-order valence-electron chi connectivity index (χ0n) is 10.2. The number of halogens is 1. The summed E-state index contributed by atoms with van der Waals surface area (Å²) in [6.07, 6.45) is 2.19. The van der Waals surface area contributed by atoms with Crippen LogP contribution in [0.15, 0.2) is 18.2 Å². The fourth-order valence-electron chi connectivity index (χ4n) is 2.17. The van der Waals surface area contributed by atoms with Gasteiger partial charge in [-0.15, -0.1) is 0 Å². The molecule has 0 fully saturated rings. The minimum absolute atomic E-state index is 0.00333. The Morgan fingerprint density at radius 1 is 1.59 bits per heavy atom. The summed E-state index contributed by atoms with van der Waals surface area (Å²) < 4.78 is 18.8. The molecule has 2 nitrogen and oxygen atoms in total. The van der Waals surface area contributed by atoms with Crippen molar-refractivity contribution in [3.05, 3.63) is 29.6 Å². The van der Waals surface area contributed by atoms with Gasteiger partial charge < -0.3 is 4.74 Å². The van der Waals surface area contributed by atoms with Gasteiger partial charge in [0.25, 0.3) is 0 Å². The summed E-state index contributed by atoms with van der Waals surface area (Å²) in [6, 6.07) is 6.93. The molecule has 0 aromatic heterocycles. The normalized spacial score (nSPS) is 21.2. The molecule has 0 amide bonds. The highest BCUT2D eigenvalue weighted by molar-refractivity contribution is 5.38. The van der Waals surface area contributed by atoms with Crippen molar-refractivity contribution in [1.82, 2.24) is 0 Å². The first-order valence-electron chi connectivity index (χ1n) is 5.92. The van der Waals surface area contributed by atoms with E-state index in [9.17, 15) is 4.39 Å². The minimum Gasteiger partial charge on any atom is -0.490 e. The molecule has 2 rings (SSSR count). The van der Waals surface area contributed by atoms with Gasteiger partial charge in [-0.3, -0.25) is 0 Å². The first kappa shape index (κ1) is 11.9. The third kappa shape index (κ3) is 2.41. The molecule has 1 heterocycles. The third-order valence-electron chi connectivity index (χ3n) is 3.49. The predicted octanol–water partition coefficient (Wildman–Crippen LogP) is 3.46. The van der Waals surface area contributed by atoms with Gasteiger partial charge in [-0.2, -0.15) is 5.26 Å². The smallest absolute Gasteiger partial charge is 0.123 e. The van der Waals surface area contributed by atoms with Gasteiger partial charge in [-0.1, -0.05) is 6.92 Å². The van der Waals surface area contributed by atoms with Crippen LogP contribution in [0, 0.1) is 22.6 Å². The lowest BCUT2D eigenvalue weighted by atomic mass is 9.82. The number of nitrogens with zero attached hydrogens (tertiary/aromatic N) is 1. The molecule has 0 spiro atoms. The van der Waals surface area contributed by atoms with E-state index in [1.54, 1.807) is 6.07 Å². The van der Waals surface area contributed by atoms with Crippen molar-refractivity contribution in [2.45, 2.75) is 39.2 Å². The highest BCUT2D eigenvalue weighted by Gasteiger charge is 2.31. The van der Waals surface area contributed by atoms with Crippen LogP contribution in [0.4, 0.5) is 4.39 Å². The topological polar surface area (TPSA) is 33.0 Å². The molecule has 1 aliphatic heterocycles. The van der Waals surface area contributed by atoms with E-state index in [-0.39, 0.29) is 17.3 Å². The largest absolute Gasteiger partial charge is 0.490 e. The van der Waals surface area contributed by atoms with E-state index in [0.717, 1.165) is 17.7 Å². The Hall–Kier alpha value is -1.56. The number of fused-ring (bicyclic) bond motifs is 1. The summed E-state index contributed by atoms with van der Waals surface area (Å²) in [4.78, 5) is 0. The highest BCUT2D eigenvalue weighted by Crippen LogP contribution is 2.35. The lowest BCUT2D eigenvalue weighted by molar-refractivity contribution is 0.172. The maximum atomic E-state index is 13.1. The summed E-state index contributed by atoms with van der Waals surface area (Å²) in [5.74, 6) is 0.527. The van der Waals surface area contributed by atoms with Gasteiger partial charge in [-0.05, 0) is 31.5 Å². The SMILES string of the molecule is CCC(C)(C#N)CC1Cc2cc(F)ccc2O1. The monoisotopic (exact) mass is 233 g/mol. The molecule has 1 aromatic rings. The van der Waals surface area contributed by atoms with Crippen molar-refractivity contribution in [1.29, 1.82) is 5.26 Å². The van der Waals surface area contributed by atoms with Gasteiger partial charge in [0, 0.05) is 18.4 Å². The van der Waals surface area contributed by atoms with Crippen LogP contribution in [0.3, 0.4) is 0 Å². The second kappa shape index (κ2) is 4.37. The second-order valence-electron chi connectivity index (χ2n) is 4.93. The van der Waals surface area contributed by atoms with E-state index in [2.05, 4.69) is 6.07 Å². The van der Waals surface area contributed by atoms with Crippen LogP contribution in [-0.4, -0.2) is 6.10 Å². The number of benzene rings is 1. The minimum atomic E-state index is -0.356. The number of ether oxygens (including phenoxy) is 1. The highest BCUT2D eigenvalue weighted by atomic mass is 19.1. The van der Waals surface area contributed by atoms with E-state index in [1.165, 1.54) is 12.1 Å². The Bertz CT molecular complexity index is 466. The summed E-state index contributed by atoms with van der Waals surface area (Å²) in [5, 5.41) is 9.14. The van der Waals surface area contributed by atoms with Crippen molar-refractivity contribution in [3.8, 4) is 11.8 Å². The lowest BCUT2D eigenvalue weighted by Gasteiger charge is -2.22. The lowest BCUT2D eigenvalue weighted by Crippen LogP contribution is -2.24. The summed E-state index contributed by atoms with van der Waals surface area (Å²) in [7, 11) is 0. The van der Waals surface area contributed by atoms with E-state index in [1.807, 2.05) is 13.8 Å². The van der Waals surface area contributed by atoms with Crippen molar-refractivity contribution < 1.29 is 9.13 Å². The van der Waals surface area contributed by atoms with Crippen LogP contribution in [-0.2, 0) is 6.42 Å². The molecule has 0 N–H and O–H groups in total. The maximum absolute atomic E-state index is 13.1. The third-order valence-corrected chi connectivity index (χ3v) is 3.49. The Morgan fingerprint density at radius 3 is 3.00 bits per heavy atom. The summed E-state index contributed by atoms with van der Waals surface area (Å²) >= 11 is 0. The zero-order chi connectivity index (χ0) is 12.5. The van der Waals surface area contributed by atoms with Gasteiger partial charge in [0.2, 0.25) is 0 Å². The average Bonchev–Trinajstić information content (AvgIpc) is 2.70.